The summed E-state index contributed by atoms with van der Waals surface area (Å²) in [6.45, 7) is 7.50. The minimum absolute atomic E-state index is 0.113. The van der Waals surface area contributed by atoms with Crippen molar-refractivity contribution in [2.24, 2.45) is 0 Å². The van der Waals surface area contributed by atoms with E-state index in [2.05, 4.69) is 53.3 Å². The molecule has 0 saturated heterocycles. The Bertz CT molecular complexity index is 618. The number of carbonyl (C=O) groups is 1. The molecule has 0 bridgehead atoms. The van der Waals surface area contributed by atoms with Crippen molar-refractivity contribution in [1.82, 2.24) is 15.2 Å². The van der Waals surface area contributed by atoms with Crippen LogP contribution in [0.2, 0.25) is 0 Å². The van der Waals surface area contributed by atoms with E-state index in [1.807, 2.05) is 25.3 Å². The maximum atomic E-state index is 11.8. The molecule has 0 fully saturated rings. The van der Waals surface area contributed by atoms with Gasteiger partial charge in [0.05, 0.1) is 6.54 Å². The van der Waals surface area contributed by atoms with Gasteiger partial charge in [0.15, 0.2) is 0 Å². The lowest BCUT2D eigenvalue weighted by molar-refractivity contribution is 0.237. The van der Waals surface area contributed by atoms with Crippen LogP contribution in [0.15, 0.2) is 42.6 Å². The van der Waals surface area contributed by atoms with Crippen molar-refractivity contribution >= 4 is 6.03 Å². The Balaban J connectivity index is 1.94. The summed E-state index contributed by atoms with van der Waals surface area (Å²) in [4.78, 5) is 11.8. The van der Waals surface area contributed by atoms with E-state index in [0.29, 0.717) is 6.54 Å². The summed E-state index contributed by atoms with van der Waals surface area (Å²) < 4.78 is 2.16. The number of nitrogens with zero attached hydrogens (tertiary/aromatic N) is 1. The molecule has 1 unspecified atom stereocenters. The van der Waals surface area contributed by atoms with Gasteiger partial charge in [-0.15, -0.1) is 0 Å². The maximum Gasteiger partial charge on any atom is 0.315 e. The van der Waals surface area contributed by atoms with Crippen LogP contribution in [0, 0.1) is 6.92 Å². The van der Waals surface area contributed by atoms with Crippen LogP contribution in [0.3, 0.4) is 0 Å². The average molecular weight is 299 g/mol. The molecule has 118 valence electrons. The molecule has 2 N–H and O–H groups in total. The van der Waals surface area contributed by atoms with Crippen molar-refractivity contribution in [3.63, 3.8) is 0 Å². The van der Waals surface area contributed by atoms with Gasteiger partial charge in [0, 0.05) is 24.5 Å². The van der Waals surface area contributed by atoms with Gasteiger partial charge in [0.25, 0.3) is 0 Å². The normalized spacial score (nSPS) is 12.0. The minimum Gasteiger partial charge on any atom is -0.345 e. The topological polar surface area (TPSA) is 46.1 Å². The molecule has 1 aromatic heterocycles. The van der Waals surface area contributed by atoms with Crippen LogP contribution in [-0.2, 0) is 13.1 Å². The van der Waals surface area contributed by atoms with Crippen molar-refractivity contribution in [3.8, 4) is 0 Å². The highest BCUT2D eigenvalue weighted by Gasteiger charge is 2.07. The number of aromatic nitrogens is 1. The van der Waals surface area contributed by atoms with Crippen LogP contribution in [0.5, 0.6) is 0 Å². The van der Waals surface area contributed by atoms with Crippen LogP contribution in [0.1, 0.15) is 37.1 Å². The summed E-state index contributed by atoms with van der Waals surface area (Å²) in [5.74, 6) is 0. The molecule has 0 saturated carbocycles. The summed E-state index contributed by atoms with van der Waals surface area (Å²) >= 11 is 0. The molecular formula is C18H25N3O. The van der Waals surface area contributed by atoms with E-state index in [1.54, 1.807) is 0 Å². The molecule has 1 atom stereocenters. The molecule has 2 rings (SSSR count). The first-order chi connectivity index (χ1) is 10.6. The van der Waals surface area contributed by atoms with Gasteiger partial charge in [-0.3, -0.25) is 0 Å². The molecule has 4 heteroatoms. The van der Waals surface area contributed by atoms with Gasteiger partial charge < -0.3 is 15.2 Å². The Morgan fingerprint density at radius 3 is 2.82 bits per heavy atom. The summed E-state index contributed by atoms with van der Waals surface area (Å²) in [5, 5.41) is 5.83. The largest absolute Gasteiger partial charge is 0.345 e. The summed E-state index contributed by atoms with van der Waals surface area (Å²) in [5.41, 5.74) is 3.62. The van der Waals surface area contributed by atoms with Crippen LogP contribution in [0.25, 0.3) is 0 Å². The van der Waals surface area contributed by atoms with Gasteiger partial charge in [0.1, 0.15) is 0 Å². The van der Waals surface area contributed by atoms with Crippen LogP contribution in [0.4, 0.5) is 4.79 Å². The Hall–Kier alpha value is -2.23. The third-order valence-electron chi connectivity index (χ3n) is 3.78. The molecule has 0 radical (unpaired) electrons. The molecule has 1 heterocycles. The lowest BCUT2D eigenvalue weighted by Gasteiger charge is -2.14. The number of nitrogens with one attached hydrogen (secondary N) is 2. The van der Waals surface area contributed by atoms with Crippen molar-refractivity contribution in [2.45, 2.75) is 46.3 Å². The van der Waals surface area contributed by atoms with Crippen molar-refractivity contribution < 1.29 is 4.79 Å². The zero-order valence-corrected chi connectivity index (χ0v) is 13.6. The van der Waals surface area contributed by atoms with Gasteiger partial charge in [-0.05, 0) is 38.0 Å². The van der Waals surface area contributed by atoms with E-state index >= 15 is 0 Å². The van der Waals surface area contributed by atoms with Crippen LogP contribution in [-0.4, -0.2) is 16.6 Å². The van der Waals surface area contributed by atoms with E-state index in [0.717, 1.165) is 18.7 Å². The van der Waals surface area contributed by atoms with Crippen LogP contribution >= 0.6 is 0 Å². The lowest BCUT2D eigenvalue weighted by Crippen LogP contribution is -2.40. The molecular weight excluding hydrogens is 274 g/mol. The van der Waals surface area contributed by atoms with E-state index in [1.165, 1.54) is 11.1 Å². The van der Waals surface area contributed by atoms with E-state index in [-0.39, 0.29) is 12.1 Å². The predicted octanol–water partition coefficient (Wildman–Crippen LogP) is 3.44. The third kappa shape index (κ3) is 4.65. The second-order valence-corrected chi connectivity index (χ2v) is 5.75. The van der Waals surface area contributed by atoms with Gasteiger partial charge in [-0.2, -0.15) is 0 Å². The zero-order valence-electron chi connectivity index (χ0n) is 13.6. The lowest BCUT2D eigenvalue weighted by atomic mass is 10.1. The standard InChI is InChI=1S/C18H25N3O/c1-4-15(3)20-18(22)19-12-17-9-6-10-21(17)13-16-8-5-7-14(2)11-16/h5-11,15H,4,12-13H2,1-3H3,(H2,19,20,22). The van der Waals surface area contributed by atoms with Crippen molar-refractivity contribution in [2.75, 3.05) is 0 Å². The fraction of sp³-hybridized carbons (Fsp3) is 0.389. The fourth-order valence-electron chi connectivity index (χ4n) is 2.32. The number of rotatable bonds is 6. The molecule has 2 aromatic rings. The quantitative estimate of drug-likeness (QED) is 0.843. The Kier molecular flexibility index (Phi) is 5.64. The first-order valence-electron chi connectivity index (χ1n) is 7.82. The van der Waals surface area contributed by atoms with E-state index in [4.69, 9.17) is 0 Å². The molecule has 1 aromatic carbocycles. The monoisotopic (exact) mass is 299 g/mol. The highest BCUT2D eigenvalue weighted by atomic mass is 16.2. The van der Waals surface area contributed by atoms with Gasteiger partial charge in [-0.25, -0.2) is 4.79 Å². The summed E-state index contributed by atoms with van der Waals surface area (Å²) in [7, 11) is 0. The van der Waals surface area contributed by atoms with E-state index < -0.39 is 0 Å². The second kappa shape index (κ2) is 7.69. The number of carbonyl (C=O) groups excluding carboxylic acids is 1. The van der Waals surface area contributed by atoms with Gasteiger partial charge in [-0.1, -0.05) is 36.8 Å². The fourth-order valence-corrected chi connectivity index (χ4v) is 2.32. The number of hydrogen-bond acceptors (Lipinski definition) is 1. The highest BCUT2D eigenvalue weighted by molar-refractivity contribution is 5.74. The van der Waals surface area contributed by atoms with Crippen molar-refractivity contribution in [1.29, 1.82) is 0 Å². The highest BCUT2D eigenvalue weighted by Crippen LogP contribution is 2.09. The maximum absolute atomic E-state index is 11.8. The number of benzene rings is 1. The first kappa shape index (κ1) is 16.1. The number of urea groups is 1. The molecule has 0 aliphatic carbocycles. The first-order valence-corrected chi connectivity index (χ1v) is 7.82. The minimum atomic E-state index is -0.113. The predicted molar refractivity (Wildman–Crippen MR) is 89.8 cm³/mol. The molecule has 4 nitrogen and oxygen atoms in total. The second-order valence-electron chi connectivity index (χ2n) is 5.75. The van der Waals surface area contributed by atoms with Crippen LogP contribution < -0.4 is 10.6 Å². The van der Waals surface area contributed by atoms with Gasteiger partial charge in [0.2, 0.25) is 0 Å². The third-order valence-corrected chi connectivity index (χ3v) is 3.78. The molecule has 2 amide bonds. The average Bonchev–Trinajstić information content (AvgIpc) is 2.92. The SMILES string of the molecule is CCC(C)NC(=O)NCc1cccn1Cc1cccc(C)c1. The Morgan fingerprint density at radius 2 is 2.09 bits per heavy atom. The number of aryl methyl sites for hydroxylation is 1. The molecule has 0 aliphatic rings. The Labute approximate surface area is 132 Å². The molecule has 22 heavy (non-hydrogen) atoms. The summed E-state index contributed by atoms with van der Waals surface area (Å²) in [6, 6.07) is 12.6. The van der Waals surface area contributed by atoms with Crippen molar-refractivity contribution in [3.05, 3.63) is 59.4 Å². The number of hydrogen-bond donors (Lipinski definition) is 2. The zero-order chi connectivity index (χ0) is 15.9. The molecule has 0 aliphatic heterocycles. The Morgan fingerprint density at radius 1 is 1.27 bits per heavy atom. The molecule has 0 spiro atoms. The van der Waals surface area contributed by atoms with Gasteiger partial charge >= 0.3 is 6.03 Å². The van der Waals surface area contributed by atoms with E-state index in [9.17, 15) is 4.79 Å². The number of amides is 2. The smallest absolute Gasteiger partial charge is 0.315 e. The summed E-state index contributed by atoms with van der Waals surface area (Å²) in [6.07, 6.45) is 2.98.